The van der Waals surface area contributed by atoms with Crippen molar-refractivity contribution in [1.29, 1.82) is 10.5 Å². The maximum absolute atomic E-state index is 10.9. The number of nitro benzene ring substituents is 1. The molecule has 2 aromatic rings. The molecule has 0 saturated carbocycles. The van der Waals surface area contributed by atoms with Crippen LogP contribution in [0, 0.1) is 32.8 Å². The van der Waals surface area contributed by atoms with E-state index in [9.17, 15) is 20.6 Å². The van der Waals surface area contributed by atoms with Crippen LogP contribution in [0.4, 0.5) is 17.1 Å². The molecule has 0 aliphatic heterocycles. The van der Waals surface area contributed by atoms with Gasteiger partial charge in [-0.3, -0.25) is 15.0 Å². The molecule has 0 aromatic heterocycles. The van der Waals surface area contributed by atoms with Crippen molar-refractivity contribution in [3.8, 4) is 12.1 Å². The Morgan fingerprint density at radius 1 is 1.00 bits per heavy atom. The van der Waals surface area contributed by atoms with Crippen molar-refractivity contribution in [3.05, 3.63) is 63.2 Å². The third kappa shape index (κ3) is 6.70. The van der Waals surface area contributed by atoms with Gasteiger partial charge in [0.2, 0.25) is 0 Å². The zero-order valence-corrected chi connectivity index (χ0v) is 17.9. The van der Waals surface area contributed by atoms with Crippen molar-refractivity contribution < 1.29 is 4.92 Å². The van der Waals surface area contributed by atoms with E-state index in [1.807, 2.05) is 6.07 Å². The van der Waals surface area contributed by atoms with Crippen LogP contribution in [0.3, 0.4) is 0 Å². The number of nitrogens with zero attached hydrogens (tertiary/aromatic N) is 6. The Hall–Kier alpha value is -3.62. The monoisotopic (exact) mass is 418 g/mol. The summed E-state index contributed by atoms with van der Waals surface area (Å²) in [4.78, 5) is 12.7. The van der Waals surface area contributed by atoms with Crippen LogP contribution in [0.2, 0.25) is 0 Å². The Morgan fingerprint density at radius 3 is 2.26 bits per heavy atom. The molecule has 8 heteroatoms. The average Bonchev–Trinajstić information content (AvgIpc) is 2.79. The third-order valence-corrected chi connectivity index (χ3v) is 4.86. The summed E-state index contributed by atoms with van der Waals surface area (Å²) in [6, 6.07) is 13.5. The minimum atomic E-state index is -0.509. The lowest BCUT2D eigenvalue weighted by molar-refractivity contribution is -0.384. The summed E-state index contributed by atoms with van der Waals surface area (Å²) in [5.41, 5.74) is 1.73. The lowest BCUT2D eigenvalue weighted by Crippen LogP contribution is -2.26. The SMILES string of the molecule is CCCCN(CCCC)Cc1ccc(N=Nc2cccc([N+](=O)[O-])c2)c(C#N)c1C#N. The van der Waals surface area contributed by atoms with Gasteiger partial charge in [0, 0.05) is 18.7 Å². The molecular formula is C23H26N6O2. The average molecular weight is 419 g/mol. The molecule has 0 N–H and O–H groups in total. The molecule has 31 heavy (non-hydrogen) atoms. The first-order chi connectivity index (χ1) is 15.0. The van der Waals surface area contributed by atoms with E-state index in [1.165, 1.54) is 18.2 Å². The molecule has 2 aromatic carbocycles. The standard InChI is InChI=1S/C23H26N6O2/c1-3-5-12-28(13-6-4-2)17-18-10-11-23(22(16-25)21(18)15-24)27-26-19-8-7-9-20(14-19)29(30)31/h7-11,14H,3-6,12-13,17H2,1-2H3. The van der Waals surface area contributed by atoms with Crippen LogP contribution < -0.4 is 0 Å². The number of non-ortho nitro benzene ring substituents is 1. The molecule has 0 unspecified atom stereocenters. The Labute approximate surface area is 182 Å². The maximum atomic E-state index is 10.9. The lowest BCUT2D eigenvalue weighted by atomic mass is 10.00. The normalized spacial score (nSPS) is 10.9. The number of rotatable bonds is 11. The van der Waals surface area contributed by atoms with Crippen molar-refractivity contribution >= 4 is 17.1 Å². The fourth-order valence-electron chi connectivity index (χ4n) is 3.15. The van der Waals surface area contributed by atoms with E-state index in [1.54, 1.807) is 12.1 Å². The molecule has 0 aliphatic rings. The highest BCUT2D eigenvalue weighted by Gasteiger charge is 2.16. The second kappa shape index (κ2) is 12.2. The smallest absolute Gasteiger partial charge is 0.271 e. The van der Waals surface area contributed by atoms with Gasteiger partial charge in [-0.25, -0.2) is 0 Å². The third-order valence-electron chi connectivity index (χ3n) is 4.86. The van der Waals surface area contributed by atoms with E-state index in [2.05, 4.69) is 41.1 Å². The number of benzene rings is 2. The van der Waals surface area contributed by atoms with Gasteiger partial charge in [-0.05, 0) is 43.6 Å². The number of nitriles is 2. The van der Waals surface area contributed by atoms with Crippen LogP contribution in [0.1, 0.15) is 56.2 Å². The summed E-state index contributed by atoms with van der Waals surface area (Å²) in [7, 11) is 0. The molecule has 0 radical (unpaired) electrons. The first-order valence-corrected chi connectivity index (χ1v) is 10.4. The number of azo groups is 1. The summed E-state index contributed by atoms with van der Waals surface area (Å²) >= 11 is 0. The molecule has 0 atom stereocenters. The van der Waals surface area contributed by atoms with Crippen LogP contribution >= 0.6 is 0 Å². The number of nitro groups is 1. The van der Waals surface area contributed by atoms with Crippen molar-refractivity contribution in [1.82, 2.24) is 4.90 Å². The molecule has 0 bridgehead atoms. The highest BCUT2D eigenvalue weighted by molar-refractivity contribution is 5.63. The molecule has 0 heterocycles. The molecule has 160 valence electrons. The highest BCUT2D eigenvalue weighted by atomic mass is 16.6. The van der Waals surface area contributed by atoms with Gasteiger partial charge < -0.3 is 0 Å². The zero-order chi connectivity index (χ0) is 22.6. The quantitative estimate of drug-likeness (QED) is 0.246. The second-order valence-corrected chi connectivity index (χ2v) is 7.18. The van der Waals surface area contributed by atoms with Gasteiger partial charge in [0.15, 0.2) is 0 Å². The Morgan fingerprint density at radius 2 is 1.68 bits per heavy atom. The van der Waals surface area contributed by atoms with Gasteiger partial charge in [-0.2, -0.15) is 15.6 Å². The maximum Gasteiger partial charge on any atom is 0.271 e. The van der Waals surface area contributed by atoms with E-state index in [-0.39, 0.29) is 16.9 Å². The van der Waals surface area contributed by atoms with Gasteiger partial charge >= 0.3 is 0 Å². The minimum Gasteiger partial charge on any atom is -0.299 e. The van der Waals surface area contributed by atoms with Crippen LogP contribution in [0.5, 0.6) is 0 Å². The van der Waals surface area contributed by atoms with Crippen LogP contribution in [-0.2, 0) is 6.54 Å². The lowest BCUT2D eigenvalue weighted by Gasteiger charge is -2.23. The molecular weight excluding hydrogens is 392 g/mol. The van der Waals surface area contributed by atoms with Crippen LogP contribution in [0.15, 0.2) is 46.6 Å². The van der Waals surface area contributed by atoms with Crippen molar-refractivity contribution in [2.75, 3.05) is 13.1 Å². The number of hydrogen-bond donors (Lipinski definition) is 0. The summed E-state index contributed by atoms with van der Waals surface area (Å²) in [6.45, 7) is 6.77. The zero-order valence-electron chi connectivity index (χ0n) is 17.9. The van der Waals surface area contributed by atoms with Gasteiger partial charge in [-0.1, -0.05) is 38.8 Å². The van der Waals surface area contributed by atoms with Gasteiger partial charge in [0.25, 0.3) is 5.69 Å². The van der Waals surface area contributed by atoms with Gasteiger partial charge in [0.05, 0.1) is 21.7 Å². The summed E-state index contributed by atoms with van der Waals surface area (Å²) < 4.78 is 0. The van der Waals surface area contributed by atoms with Crippen LogP contribution in [-0.4, -0.2) is 22.9 Å². The highest BCUT2D eigenvalue weighted by Crippen LogP contribution is 2.29. The second-order valence-electron chi connectivity index (χ2n) is 7.18. The van der Waals surface area contributed by atoms with E-state index >= 15 is 0 Å². The fourth-order valence-corrected chi connectivity index (χ4v) is 3.15. The molecule has 2 rings (SSSR count). The van der Waals surface area contributed by atoms with Crippen molar-refractivity contribution in [2.45, 2.75) is 46.1 Å². The van der Waals surface area contributed by atoms with E-state index in [0.717, 1.165) is 44.3 Å². The first kappa shape index (κ1) is 23.7. The molecule has 0 fully saturated rings. The summed E-state index contributed by atoms with van der Waals surface area (Å²) in [5, 5.41) is 38.5. The minimum absolute atomic E-state index is 0.0933. The Kier molecular flexibility index (Phi) is 9.28. The number of unbranched alkanes of at least 4 members (excludes halogenated alkanes) is 2. The van der Waals surface area contributed by atoms with E-state index in [0.29, 0.717) is 17.8 Å². The summed E-state index contributed by atoms with van der Waals surface area (Å²) in [5.74, 6) is 0. The van der Waals surface area contributed by atoms with Gasteiger partial charge in [0.1, 0.15) is 17.8 Å². The van der Waals surface area contributed by atoms with Gasteiger partial charge in [-0.15, -0.1) is 5.11 Å². The fraction of sp³-hybridized carbons (Fsp3) is 0.391. The molecule has 0 amide bonds. The molecule has 8 nitrogen and oxygen atoms in total. The topological polar surface area (TPSA) is 119 Å². The molecule has 0 saturated heterocycles. The van der Waals surface area contributed by atoms with Crippen LogP contribution in [0.25, 0.3) is 0 Å². The van der Waals surface area contributed by atoms with E-state index < -0.39 is 4.92 Å². The first-order valence-electron chi connectivity index (χ1n) is 10.4. The Balaban J connectivity index is 2.33. The molecule has 0 spiro atoms. The predicted molar refractivity (Wildman–Crippen MR) is 118 cm³/mol. The van der Waals surface area contributed by atoms with E-state index in [4.69, 9.17) is 0 Å². The van der Waals surface area contributed by atoms with Crippen molar-refractivity contribution in [3.63, 3.8) is 0 Å². The molecule has 0 aliphatic carbocycles. The summed E-state index contributed by atoms with van der Waals surface area (Å²) in [6.07, 6.45) is 4.33. The number of hydrogen-bond acceptors (Lipinski definition) is 7. The Bertz CT molecular complexity index is 1010. The van der Waals surface area contributed by atoms with Crippen molar-refractivity contribution in [2.24, 2.45) is 10.2 Å². The predicted octanol–water partition coefficient (Wildman–Crippen LogP) is 6.16. The largest absolute Gasteiger partial charge is 0.299 e.